The lowest BCUT2D eigenvalue weighted by Crippen LogP contribution is -2.37. The van der Waals surface area contributed by atoms with Crippen molar-refractivity contribution in [3.05, 3.63) is 65.2 Å². The van der Waals surface area contributed by atoms with Crippen LogP contribution in [0.15, 0.2) is 48.5 Å². The van der Waals surface area contributed by atoms with Crippen molar-refractivity contribution in [1.82, 2.24) is 0 Å². The largest absolute Gasteiger partial charge is 0.479 e. The summed E-state index contributed by atoms with van der Waals surface area (Å²) in [5, 5.41) is 9.75. The maximum Gasteiger partial charge on any atom is 0.331 e. The molecular weight excluding hydrogens is 262 g/mol. The predicted octanol–water partition coefficient (Wildman–Crippen LogP) is 3.57. The lowest BCUT2D eigenvalue weighted by atomic mass is 9.96. The molecule has 0 saturated heterocycles. The quantitative estimate of drug-likeness (QED) is 0.935. The minimum Gasteiger partial charge on any atom is -0.479 e. The van der Waals surface area contributed by atoms with E-state index in [0.717, 1.165) is 36.2 Å². The van der Waals surface area contributed by atoms with Gasteiger partial charge >= 0.3 is 5.97 Å². The molecule has 0 aromatic heterocycles. The Kier molecular flexibility index (Phi) is 3.65. The minimum absolute atomic E-state index is 0.619. The molecule has 0 fully saturated rings. The molecule has 21 heavy (non-hydrogen) atoms. The summed E-state index contributed by atoms with van der Waals surface area (Å²) in [5.74, 6) is -0.794. The van der Waals surface area contributed by atoms with Crippen molar-refractivity contribution in [2.45, 2.75) is 25.8 Å². The normalized spacial score (nSPS) is 15.4. The fourth-order valence-corrected chi connectivity index (χ4v) is 3.13. The Morgan fingerprint density at radius 3 is 2.76 bits per heavy atom. The summed E-state index contributed by atoms with van der Waals surface area (Å²) < 4.78 is 0. The maximum absolute atomic E-state index is 11.9. The van der Waals surface area contributed by atoms with Crippen LogP contribution in [0.5, 0.6) is 0 Å². The van der Waals surface area contributed by atoms with Crippen LogP contribution in [0.1, 0.15) is 29.2 Å². The zero-order valence-corrected chi connectivity index (χ0v) is 12.1. The van der Waals surface area contributed by atoms with Gasteiger partial charge in [0.1, 0.15) is 0 Å². The number of anilines is 1. The Labute approximate surface area is 124 Å². The zero-order valence-electron chi connectivity index (χ0n) is 12.1. The van der Waals surface area contributed by atoms with Crippen LogP contribution < -0.4 is 4.90 Å². The standard InChI is InChI=1S/C18H19NO2/c1-13-6-4-8-15(12-13)17(18(20)21)19-11-5-9-14-7-2-3-10-16(14)19/h2-4,6-8,10,12,17H,5,9,11H2,1H3,(H,20,21). The molecule has 0 bridgehead atoms. The molecule has 0 saturated carbocycles. The van der Waals surface area contributed by atoms with Crippen molar-refractivity contribution >= 4 is 11.7 Å². The van der Waals surface area contributed by atoms with E-state index in [9.17, 15) is 9.90 Å². The molecule has 1 heterocycles. The molecule has 0 spiro atoms. The summed E-state index contributed by atoms with van der Waals surface area (Å²) in [6.07, 6.45) is 2.01. The highest BCUT2D eigenvalue weighted by atomic mass is 16.4. The first kappa shape index (κ1) is 13.7. The smallest absolute Gasteiger partial charge is 0.331 e. The number of carboxylic acid groups (broad SMARTS) is 1. The number of aliphatic carboxylic acids is 1. The molecule has 3 nitrogen and oxygen atoms in total. The first-order valence-electron chi connectivity index (χ1n) is 7.31. The second-order valence-electron chi connectivity index (χ2n) is 5.58. The highest BCUT2D eigenvalue weighted by molar-refractivity contribution is 5.81. The fourth-order valence-electron chi connectivity index (χ4n) is 3.13. The van der Waals surface area contributed by atoms with Crippen molar-refractivity contribution < 1.29 is 9.90 Å². The van der Waals surface area contributed by atoms with E-state index in [-0.39, 0.29) is 0 Å². The van der Waals surface area contributed by atoms with E-state index < -0.39 is 12.0 Å². The Balaban J connectivity index is 2.05. The van der Waals surface area contributed by atoms with Gasteiger partial charge in [0.05, 0.1) is 0 Å². The second kappa shape index (κ2) is 5.60. The number of fused-ring (bicyclic) bond motifs is 1. The second-order valence-corrected chi connectivity index (χ2v) is 5.58. The van der Waals surface area contributed by atoms with Crippen molar-refractivity contribution in [3.63, 3.8) is 0 Å². The van der Waals surface area contributed by atoms with E-state index in [2.05, 4.69) is 6.07 Å². The molecule has 2 aromatic carbocycles. The van der Waals surface area contributed by atoms with E-state index in [1.54, 1.807) is 0 Å². The van der Waals surface area contributed by atoms with Crippen LogP contribution in [0.25, 0.3) is 0 Å². The van der Waals surface area contributed by atoms with Gasteiger partial charge in [-0.25, -0.2) is 4.79 Å². The summed E-state index contributed by atoms with van der Waals surface area (Å²) in [6.45, 7) is 2.77. The molecule has 1 aliphatic heterocycles. The van der Waals surface area contributed by atoms with Gasteiger partial charge in [0.25, 0.3) is 0 Å². The van der Waals surface area contributed by atoms with Gasteiger partial charge < -0.3 is 10.0 Å². The van der Waals surface area contributed by atoms with Crippen LogP contribution in [0, 0.1) is 6.92 Å². The molecule has 108 valence electrons. The molecule has 0 aliphatic carbocycles. The predicted molar refractivity (Wildman–Crippen MR) is 83.7 cm³/mol. The Hall–Kier alpha value is -2.29. The van der Waals surface area contributed by atoms with Crippen molar-refractivity contribution in [2.75, 3.05) is 11.4 Å². The molecule has 1 aliphatic rings. The molecule has 2 aromatic rings. The minimum atomic E-state index is -0.794. The summed E-state index contributed by atoms with van der Waals surface area (Å²) >= 11 is 0. The highest BCUT2D eigenvalue weighted by Crippen LogP contribution is 2.34. The summed E-state index contributed by atoms with van der Waals surface area (Å²) in [5.41, 5.74) is 4.23. The van der Waals surface area contributed by atoms with Gasteiger partial charge in [0.15, 0.2) is 6.04 Å². The molecule has 1 N–H and O–H groups in total. The molecular formula is C18H19NO2. The van der Waals surface area contributed by atoms with Crippen LogP contribution in [0.4, 0.5) is 5.69 Å². The van der Waals surface area contributed by atoms with Crippen molar-refractivity contribution in [2.24, 2.45) is 0 Å². The van der Waals surface area contributed by atoms with Crippen molar-refractivity contribution in [1.29, 1.82) is 0 Å². The van der Waals surface area contributed by atoms with Gasteiger partial charge in [0, 0.05) is 12.2 Å². The van der Waals surface area contributed by atoms with Crippen molar-refractivity contribution in [3.8, 4) is 0 Å². The lowest BCUT2D eigenvalue weighted by Gasteiger charge is -2.36. The van der Waals surface area contributed by atoms with Crippen LogP contribution in [-0.2, 0) is 11.2 Å². The van der Waals surface area contributed by atoms with Crippen LogP contribution in [0.3, 0.4) is 0 Å². The van der Waals surface area contributed by atoms with E-state index in [4.69, 9.17) is 0 Å². The average molecular weight is 281 g/mol. The van der Waals surface area contributed by atoms with Gasteiger partial charge in [-0.1, -0.05) is 48.0 Å². The van der Waals surface area contributed by atoms with Crippen LogP contribution >= 0.6 is 0 Å². The molecule has 3 rings (SSSR count). The van der Waals surface area contributed by atoms with Gasteiger partial charge in [0.2, 0.25) is 0 Å². The number of hydrogen-bond acceptors (Lipinski definition) is 2. The summed E-state index contributed by atoms with van der Waals surface area (Å²) in [6, 6.07) is 15.3. The highest BCUT2D eigenvalue weighted by Gasteiger charge is 2.30. The topological polar surface area (TPSA) is 40.5 Å². The monoisotopic (exact) mass is 281 g/mol. The number of aryl methyl sites for hydroxylation is 2. The van der Waals surface area contributed by atoms with E-state index in [0.29, 0.717) is 0 Å². The van der Waals surface area contributed by atoms with E-state index in [1.807, 2.05) is 54.3 Å². The summed E-state index contributed by atoms with van der Waals surface area (Å²) in [7, 11) is 0. The molecule has 0 amide bonds. The lowest BCUT2D eigenvalue weighted by molar-refractivity contribution is -0.138. The third-order valence-electron chi connectivity index (χ3n) is 4.05. The third-order valence-corrected chi connectivity index (χ3v) is 4.05. The number of rotatable bonds is 3. The van der Waals surface area contributed by atoms with Gasteiger partial charge in [-0.05, 0) is 37.0 Å². The number of para-hydroxylation sites is 1. The Morgan fingerprint density at radius 2 is 2.00 bits per heavy atom. The third kappa shape index (κ3) is 2.64. The first-order valence-corrected chi connectivity index (χ1v) is 7.31. The Bertz CT molecular complexity index is 666. The number of hydrogen-bond donors (Lipinski definition) is 1. The summed E-state index contributed by atoms with van der Waals surface area (Å²) in [4.78, 5) is 13.9. The number of carbonyl (C=O) groups is 1. The van der Waals surface area contributed by atoms with Gasteiger partial charge in [-0.15, -0.1) is 0 Å². The van der Waals surface area contributed by atoms with Crippen LogP contribution in [-0.4, -0.2) is 17.6 Å². The molecule has 1 unspecified atom stereocenters. The SMILES string of the molecule is Cc1cccc(C(C(=O)O)N2CCCc3ccccc32)c1. The first-order chi connectivity index (χ1) is 10.2. The Morgan fingerprint density at radius 1 is 1.19 bits per heavy atom. The zero-order chi connectivity index (χ0) is 14.8. The average Bonchev–Trinajstić information content (AvgIpc) is 2.47. The van der Waals surface area contributed by atoms with E-state index >= 15 is 0 Å². The molecule has 0 radical (unpaired) electrons. The fraction of sp³-hybridized carbons (Fsp3) is 0.278. The van der Waals surface area contributed by atoms with Gasteiger partial charge in [-0.3, -0.25) is 0 Å². The van der Waals surface area contributed by atoms with Gasteiger partial charge in [-0.2, -0.15) is 0 Å². The number of nitrogens with zero attached hydrogens (tertiary/aromatic N) is 1. The molecule has 3 heteroatoms. The van der Waals surface area contributed by atoms with E-state index in [1.165, 1.54) is 5.56 Å². The number of carboxylic acids is 1. The maximum atomic E-state index is 11.9. The molecule has 1 atom stereocenters. The number of benzene rings is 2. The van der Waals surface area contributed by atoms with Crippen LogP contribution in [0.2, 0.25) is 0 Å².